The number of para-hydroxylation sites is 2. The first kappa shape index (κ1) is 12.0. The Hall–Kier alpha value is -2.65. The summed E-state index contributed by atoms with van der Waals surface area (Å²) >= 11 is 1.74. The first-order valence-corrected chi connectivity index (χ1v) is 8.06. The van der Waals surface area contributed by atoms with Crippen LogP contribution in [0.25, 0.3) is 42.6 Å². The highest BCUT2D eigenvalue weighted by atomic mass is 32.1. The van der Waals surface area contributed by atoms with Crippen LogP contribution in [0.5, 0.6) is 0 Å². The Balaban J connectivity index is 1.75. The number of aromatic amines is 1. The van der Waals surface area contributed by atoms with Crippen molar-refractivity contribution in [2.45, 2.75) is 0 Å². The minimum Gasteiger partial charge on any atom is -0.354 e. The number of benzene rings is 3. The smallest absolute Gasteiger partial charge is 0.124 e. The van der Waals surface area contributed by atoms with Crippen molar-refractivity contribution in [1.82, 2.24) is 9.97 Å². The Labute approximate surface area is 131 Å². The molecule has 3 heteroatoms. The van der Waals surface area contributed by atoms with Gasteiger partial charge in [-0.2, -0.15) is 0 Å². The van der Waals surface area contributed by atoms with Crippen molar-refractivity contribution in [3.05, 3.63) is 66.7 Å². The summed E-state index contributed by atoms with van der Waals surface area (Å²) in [6.45, 7) is 0. The molecule has 0 amide bonds. The second-order valence-electron chi connectivity index (χ2n) is 5.42. The zero-order chi connectivity index (χ0) is 14.5. The molecule has 2 nitrogen and oxygen atoms in total. The van der Waals surface area contributed by atoms with E-state index in [1.165, 1.54) is 26.6 Å². The maximum absolute atomic E-state index is 4.75. The molecule has 5 rings (SSSR count). The van der Waals surface area contributed by atoms with Crippen molar-refractivity contribution < 1.29 is 0 Å². The van der Waals surface area contributed by atoms with Crippen molar-refractivity contribution >= 4 is 43.4 Å². The highest BCUT2D eigenvalue weighted by Gasteiger charge is 2.09. The number of rotatable bonds is 1. The molecule has 0 aliphatic heterocycles. The van der Waals surface area contributed by atoms with Gasteiger partial charge >= 0.3 is 0 Å². The van der Waals surface area contributed by atoms with Gasteiger partial charge in [0.1, 0.15) is 5.01 Å². The number of thiazole rings is 1. The average molecular weight is 300 g/mol. The molecule has 3 aromatic carbocycles. The summed E-state index contributed by atoms with van der Waals surface area (Å²) in [5.74, 6) is 0. The van der Waals surface area contributed by atoms with Crippen LogP contribution in [0.2, 0.25) is 0 Å². The quantitative estimate of drug-likeness (QED) is 0.429. The lowest BCUT2D eigenvalue weighted by Gasteiger charge is -1.96. The minimum absolute atomic E-state index is 1.07. The minimum atomic E-state index is 1.07. The van der Waals surface area contributed by atoms with E-state index in [0.717, 1.165) is 16.0 Å². The number of aromatic nitrogens is 2. The van der Waals surface area contributed by atoms with Gasteiger partial charge in [0, 0.05) is 27.4 Å². The number of hydrogen-bond acceptors (Lipinski definition) is 2. The monoisotopic (exact) mass is 300 g/mol. The van der Waals surface area contributed by atoms with E-state index < -0.39 is 0 Å². The predicted molar refractivity (Wildman–Crippen MR) is 94.4 cm³/mol. The zero-order valence-corrected chi connectivity index (χ0v) is 12.5. The molecule has 0 aliphatic rings. The molecule has 0 fully saturated rings. The van der Waals surface area contributed by atoms with E-state index >= 15 is 0 Å². The lowest BCUT2D eigenvalue weighted by Crippen LogP contribution is -1.76. The molecule has 0 spiro atoms. The molecule has 1 N–H and O–H groups in total. The maximum atomic E-state index is 4.75. The van der Waals surface area contributed by atoms with Crippen molar-refractivity contribution in [2.24, 2.45) is 0 Å². The van der Waals surface area contributed by atoms with E-state index in [-0.39, 0.29) is 0 Å². The van der Waals surface area contributed by atoms with Gasteiger partial charge in [-0.15, -0.1) is 11.3 Å². The first-order valence-electron chi connectivity index (χ1n) is 7.25. The second kappa shape index (κ2) is 4.42. The average Bonchev–Trinajstić information content (AvgIpc) is 3.15. The van der Waals surface area contributed by atoms with Gasteiger partial charge in [-0.05, 0) is 24.3 Å². The fourth-order valence-corrected chi connectivity index (χ4v) is 3.95. The molecular formula is C19H12N2S. The van der Waals surface area contributed by atoms with Gasteiger partial charge in [0.05, 0.1) is 10.2 Å². The van der Waals surface area contributed by atoms with Gasteiger partial charge in [-0.3, -0.25) is 0 Å². The fraction of sp³-hybridized carbons (Fsp3) is 0. The van der Waals surface area contributed by atoms with Crippen LogP contribution in [0.15, 0.2) is 66.7 Å². The van der Waals surface area contributed by atoms with Crippen LogP contribution in [0.4, 0.5) is 0 Å². The lowest BCUT2D eigenvalue weighted by molar-refractivity contribution is 1.47. The van der Waals surface area contributed by atoms with Crippen molar-refractivity contribution in [1.29, 1.82) is 0 Å². The van der Waals surface area contributed by atoms with E-state index in [4.69, 9.17) is 4.98 Å². The Bertz CT molecular complexity index is 1100. The number of hydrogen-bond donors (Lipinski definition) is 1. The summed E-state index contributed by atoms with van der Waals surface area (Å²) in [7, 11) is 0. The molecular weight excluding hydrogens is 288 g/mol. The molecule has 104 valence electrons. The van der Waals surface area contributed by atoms with Crippen LogP contribution in [0.1, 0.15) is 0 Å². The number of fused-ring (bicyclic) bond motifs is 4. The first-order chi connectivity index (χ1) is 10.9. The van der Waals surface area contributed by atoms with Crippen LogP contribution >= 0.6 is 11.3 Å². The summed E-state index contributed by atoms with van der Waals surface area (Å²) in [5, 5.41) is 3.61. The Morgan fingerprint density at radius 2 is 1.59 bits per heavy atom. The molecule has 0 saturated carbocycles. The largest absolute Gasteiger partial charge is 0.354 e. The lowest BCUT2D eigenvalue weighted by atomic mass is 10.1. The fourth-order valence-electron chi connectivity index (χ4n) is 2.98. The normalized spacial score (nSPS) is 11.6. The van der Waals surface area contributed by atoms with Crippen molar-refractivity contribution in [2.75, 3.05) is 0 Å². The predicted octanol–water partition coefficient (Wildman–Crippen LogP) is 5.60. The van der Waals surface area contributed by atoms with Crippen LogP contribution in [-0.2, 0) is 0 Å². The third kappa shape index (κ3) is 1.69. The van der Waals surface area contributed by atoms with E-state index in [0.29, 0.717) is 0 Å². The maximum Gasteiger partial charge on any atom is 0.124 e. The second-order valence-corrected chi connectivity index (χ2v) is 6.45. The molecule has 0 atom stereocenters. The molecule has 0 aliphatic carbocycles. The summed E-state index contributed by atoms with van der Waals surface area (Å²) in [6, 6.07) is 23.3. The number of H-pyrrole nitrogens is 1. The standard InChI is InChI=1S/C19H12N2S/c1-2-6-15-13(5-1)14-10-9-12(11-17(14)20-15)19-21-16-7-3-4-8-18(16)22-19/h1-11,20H. The molecule has 22 heavy (non-hydrogen) atoms. The Kier molecular flexibility index (Phi) is 2.40. The highest BCUT2D eigenvalue weighted by molar-refractivity contribution is 7.21. The van der Waals surface area contributed by atoms with Gasteiger partial charge in [0.2, 0.25) is 0 Å². The summed E-state index contributed by atoms with van der Waals surface area (Å²) in [6.07, 6.45) is 0. The van der Waals surface area contributed by atoms with Gasteiger partial charge in [0.15, 0.2) is 0 Å². The third-order valence-corrected chi connectivity index (χ3v) is 5.13. The molecule has 0 bridgehead atoms. The molecule has 2 heterocycles. The molecule has 0 unspecified atom stereocenters. The number of nitrogens with zero attached hydrogens (tertiary/aromatic N) is 1. The van der Waals surface area contributed by atoms with Crippen LogP contribution < -0.4 is 0 Å². The molecule has 0 saturated heterocycles. The number of nitrogens with one attached hydrogen (secondary N) is 1. The van der Waals surface area contributed by atoms with Gasteiger partial charge in [0.25, 0.3) is 0 Å². The molecule has 0 radical (unpaired) electrons. The third-order valence-electron chi connectivity index (χ3n) is 4.05. The van der Waals surface area contributed by atoms with Crippen LogP contribution in [-0.4, -0.2) is 9.97 Å². The Morgan fingerprint density at radius 1 is 0.773 bits per heavy atom. The highest BCUT2D eigenvalue weighted by Crippen LogP contribution is 2.33. The van der Waals surface area contributed by atoms with Gasteiger partial charge in [-0.25, -0.2) is 4.98 Å². The van der Waals surface area contributed by atoms with Gasteiger partial charge < -0.3 is 4.98 Å². The molecule has 5 aromatic rings. The Morgan fingerprint density at radius 3 is 2.55 bits per heavy atom. The van der Waals surface area contributed by atoms with Crippen molar-refractivity contribution in [3.63, 3.8) is 0 Å². The van der Waals surface area contributed by atoms with E-state index in [1.54, 1.807) is 11.3 Å². The van der Waals surface area contributed by atoms with Crippen LogP contribution in [0, 0.1) is 0 Å². The summed E-state index contributed by atoms with van der Waals surface area (Å²) < 4.78 is 1.23. The topological polar surface area (TPSA) is 28.7 Å². The summed E-state index contributed by atoms with van der Waals surface area (Å²) in [4.78, 5) is 8.25. The molecule has 2 aromatic heterocycles. The van der Waals surface area contributed by atoms with E-state index in [1.807, 2.05) is 6.07 Å². The van der Waals surface area contributed by atoms with Gasteiger partial charge in [-0.1, -0.05) is 42.5 Å². The van der Waals surface area contributed by atoms with E-state index in [9.17, 15) is 0 Å². The SMILES string of the molecule is c1ccc2sc(-c3ccc4c(c3)[nH]c3ccccc34)nc2c1. The zero-order valence-electron chi connectivity index (χ0n) is 11.7. The van der Waals surface area contributed by atoms with Crippen LogP contribution in [0.3, 0.4) is 0 Å². The summed E-state index contributed by atoms with van der Waals surface area (Å²) in [5.41, 5.74) is 4.58. The van der Waals surface area contributed by atoms with Crippen molar-refractivity contribution in [3.8, 4) is 10.6 Å². The van der Waals surface area contributed by atoms with E-state index in [2.05, 4.69) is 65.6 Å².